The van der Waals surface area contributed by atoms with Crippen molar-refractivity contribution in [1.29, 1.82) is 0 Å². The topological polar surface area (TPSA) is 52.3 Å². The summed E-state index contributed by atoms with van der Waals surface area (Å²) in [5.74, 6) is -0.349. The molecule has 0 bridgehead atoms. The van der Waals surface area contributed by atoms with Crippen molar-refractivity contribution in [3.63, 3.8) is 0 Å². The smallest absolute Gasteiger partial charge is 0.323 e. The largest absolute Gasteiger partial charge is 0.465 e. The molecule has 1 unspecified atom stereocenters. The Hall–Kier alpha value is -2.13. The van der Waals surface area contributed by atoms with Gasteiger partial charge in [-0.1, -0.05) is 54.1 Å². The van der Waals surface area contributed by atoms with Gasteiger partial charge in [0.1, 0.15) is 6.04 Å². The molecule has 2 aromatic rings. The van der Waals surface area contributed by atoms with E-state index in [2.05, 4.69) is 37.3 Å². The molecule has 0 saturated carbocycles. The number of rotatable bonds is 5. The molecular formula is C18H21NO2. The summed E-state index contributed by atoms with van der Waals surface area (Å²) in [5.41, 5.74) is 10.4. The first-order valence-electron chi connectivity index (χ1n) is 7.18. The Kier molecular flexibility index (Phi) is 5.12. The Morgan fingerprint density at radius 2 is 1.81 bits per heavy atom. The van der Waals surface area contributed by atoms with Crippen molar-refractivity contribution in [3.8, 4) is 11.1 Å². The third-order valence-electron chi connectivity index (χ3n) is 3.32. The van der Waals surface area contributed by atoms with Crippen molar-refractivity contribution in [2.24, 2.45) is 5.73 Å². The van der Waals surface area contributed by atoms with E-state index in [0.717, 1.165) is 11.1 Å². The monoisotopic (exact) mass is 283 g/mol. The van der Waals surface area contributed by atoms with Crippen LogP contribution in [0.15, 0.2) is 48.5 Å². The van der Waals surface area contributed by atoms with Crippen molar-refractivity contribution < 1.29 is 9.53 Å². The lowest BCUT2D eigenvalue weighted by Crippen LogP contribution is -2.34. The van der Waals surface area contributed by atoms with E-state index in [1.54, 1.807) is 6.92 Å². The van der Waals surface area contributed by atoms with E-state index in [9.17, 15) is 4.79 Å². The highest BCUT2D eigenvalue weighted by Gasteiger charge is 2.15. The molecule has 1 atom stereocenters. The molecule has 0 heterocycles. The van der Waals surface area contributed by atoms with Crippen LogP contribution in [0.2, 0.25) is 0 Å². The first-order valence-corrected chi connectivity index (χ1v) is 7.18. The molecule has 110 valence electrons. The molecule has 0 spiro atoms. The molecule has 0 aliphatic heterocycles. The van der Waals surface area contributed by atoms with Gasteiger partial charge in [-0.2, -0.15) is 0 Å². The second kappa shape index (κ2) is 7.04. The summed E-state index contributed by atoms with van der Waals surface area (Å²) in [7, 11) is 0. The fourth-order valence-electron chi connectivity index (χ4n) is 2.29. The number of hydrogen-bond acceptors (Lipinski definition) is 3. The third kappa shape index (κ3) is 4.17. The average Bonchev–Trinajstić information content (AvgIpc) is 2.48. The Balaban J connectivity index is 2.16. The Morgan fingerprint density at radius 3 is 2.48 bits per heavy atom. The number of carbonyl (C=O) groups excluding carboxylic acids is 1. The van der Waals surface area contributed by atoms with Crippen LogP contribution in [0.1, 0.15) is 18.1 Å². The summed E-state index contributed by atoms with van der Waals surface area (Å²) in [5, 5.41) is 0. The minimum absolute atomic E-state index is 0.349. The van der Waals surface area contributed by atoms with E-state index in [4.69, 9.17) is 10.5 Å². The lowest BCUT2D eigenvalue weighted by atomic mass is 9.99. The van der Waals surface area contributed by atoms with E-state index >= 15 is 0 Å². The van der Waals surface area contributed by atoms with E-state index in [-0.39, 0.29) is 5.97 Å². The number of ether oxygens (including phenoxy) is 1. The summed E-state index contributed by atoms with van der Waals surface area (Å²) >= 11 is 0. The van der Waals surface area contributed by atoms with Crippen molar-refractivity contribution in [2.45, 2.75) is 26.3 Å². The molecule has 2 rings (SSSR count). The molecule has 2 aromatic carbocycles. The molecule has 0 amide bonds. The molecule has 0 radical (unpaired) electrons. The van der Waals surface area contributed by atoms with Gasteiger partial charge in [-0.25, -0.2) is 0 Å². The van der Waals surface area contributed by atoms with Crippen LogP contribution < -0.4 is 5.73 Å². The second-order valence-electron chi connectivity index (χ2n) is 5.13. The maximum Gasteiger partial charge on any atom is 0.323 e. The van der Waals surface area contributed by atoms with Gasteiger partial charge in [-0.15, -0.1) is 0 Å². The maximum absolute atomic E-state index is 11.6. The van der Waals surface area contributed by atoms with Crippen LogP contribution in [0.4, 0.5) is 0 Å². The first-order chi connectivity index (χ1) is 10.1. The molecule has 0 aliphatic rings. The minimum atomic E-state index is -0.613. The zero-order chi connectivity index (χ0) is 15.2. The summed E-state index contributed by atoms with van der Waals surface area (Å²) in [6.45, 7) is 4.21. The van der Waals surface area contributed by atoms with Crippen LogP contribution in [0.25, 0.3) is 11.1 Å². The second-order valence-corrected chi connectivity index (χ2v) is 5.13. The van der Waals surface area contributed by atoms with Crippen LogP contribution in [-0.2, 0) is 16.0 Å². The van der Waals surface area contributed by atoms with Gasteiger partial charge in [0.15, 0.2) is 0 Å². The Morgan fingerprint density at radius 1 is 1.14 bits per heavy atom. The number of hydrogen-bond donors (Lipinski definition) is 1. The predicted octanol–water partition coefficient (Wildman–Crippen LogP) is 3.09. The van der Waals surface area contributed by atoms with Crippen LogP contribution in [0.3, 0.4) is 0 Å². The number of carbonyl (C=O) groups is 1. The molecule has 0 aromatic heterocycles. The summed E-state index contributed by atoms with van der Waals surface area (Å²) in [6.07, 6.45) is 0.485. The molecule has 3 nitrogen and oxygen atoms in total. The van der Waals surface area contributed by atoms with Crippen molar-refractivity contribution >= 4 is 5.97 Å². The van der Waals surface area contributed by atoms with E-state index in [1.807, 2.05) is 18.2 Å². The van der Waals surface area contributed by atoms with Gasteiger partial charge in [-0.05, 0) is 37.0 Å². The molecule has 3 heteroatoms. The summed E-state index contributed by atoms with van der Waals surface area (Å²) < 4.78 is 4.94. The third-order valence-corrected chi connectivity index (χ3v) is 3.32. The van der Waals surface area contributed by atoms with Gasteiger partial charge >= 0.3 is 5.97 Å². The molecule has 0 fully saturated rings. The van der Waals surface area contributed by atoms with Gasteiger partial charge in [0.25, 0.3) is 0 Å². The van der Waals surface area contributed by atoms with Gasteiger partial charge in [0.05, 0.1) is 6.61 Å². The number of nitrogens with two attached hydrogens (primary N) is 1. The number of benzene rings is 2. The lowest BCUT2D eigenvalue weighted by Gasteiger charge is -2.11. The Bertz CT molecular complexity index is 622. The van der Waals surface area contributed by atoms with Gasteiger partial charge in [-0.3, -0.25) is 4.79 Å². The Labute approximate surface area is 125 Å². The van der Waals surface area contributed by atoms with Gasteiger partial charge < -0.3 is 10.5 Å². The fourth-order valence-corrected chi connectivity index (χ4v) is 2.29. The average molecular weight is 283 g/mol. The highest BCUT2D eigenvalue weighted by molar-refractivity contribution is 5.76. The first kappa shape index (κ1) is 15.3. The van der Waals surface area contributed by atoms with Crippen LogP contribution >= 0.6 is 0 Å². The standard InChI is InChI=1S/C18H21NO2/c1-3-21-18(20)17(19)12-14-7-5-9-16(11-14)15-8-4-6-13(2)10-15/h4-11,17H,3,12,19H2,1-2H3. The number of aryl methyl sites for hydroxylation is 1. The molecule has 0 aliphatic carbocycles. The van der Waals surface area contributed by atoms with E-state index in [0.29, 0.717) is 13.0 Å². The normalized spacial score (nSPS) is 12.0. The van der Waals surface area contributed by atoms with Crippen LogP contribution in [0.5, 0.6) is 0 Å². The molecule has 21 heavy (non-hydrogen) atoms. The van der Waals surface area contributed by atoms with Gasteiger partial charge in [0, 0.05) is 0 Å². The maximum atomic E-state index is 11.6. The lowest BCUT2D eigenvalue weighted by molar-refractivity contribution is -0.144. The fraction of sp³-hybridized carbons (Fsp3) is 0.278. The predicted molar refractivity (Wildman–Crippen MR) is 84.9 cm³/mol. The highest BCUT2D eigenvalue weighted by Crippen LogP contribution is 2.22. The van der Waals surface area contributed by atoms with Gasteiger partial charge in [0.2, 0.25) is 0 Å². The van der Waals surface area contributed by atoms with Crippen LogP contribution in [-0.4, -0.2) is 18.6 Å². The highest BCUT2D eigenvalue weighted by atomic mass is 16.5. The molecule has 2 N–H and O–H groups in total. The summed E-state index contributed by atoms with van der Waals surface area (Å²) in [6, 6.07) is 15.8. The SMILES string of the molecule is CCOC(=O)C(N)Cc1cccc(-c2cccc(C)c2)c1. The van der Waals surface area contributed by atoms with Crippen molar-refractivity contribution in [3.05, 3.63) is 59.7 Å². The zero-order valence-electron chi connectivity index (χ0n) is 12.5. The van der Waals surface area contributed by atoms with Crippen molar-refractivity contribution in [2.75, 3.05) is 6.61 Å². The van der Waals surface area contributed by atoms with Crippen molar-refractivity contribution in [1.82, 2.24) is 0 Å². The molecular weight excluding hydrogens is 262 g/mol. The zero-order valence-corrected chi connectivity index (χ0v) is 12.5. The van der Waals surface area contributed by atoms with E-state index in [1.165, 1.54) is 11.1 Å². The quantitative estimate of drug-likeness (QED) is 0.858. The van der Waals surface area contributed by atoms with Crippen LogP contribution in [0, 0.1) is 6.92 Å². The van der Waals surface area contributed by atoms with E-state index < -0.39 is 6.04 Å². The molecule has 0 saturated heterocycles. The number of esters is 1. The summed E-state index contributed by atoms with van der Waals surface area (Å²) in [4.78, 5) is 11.6. The minimum Gasteiger partial charge on any atom is -0.465 e.